The van der Waals surface area contributed by atoms with Crippen LogP contribution in [-0.2, 0) is 0 Å². The zero-order chi connectivity index (χ0) is 13.2. The molecule has 1 aromatic heterocycles. The highest BCUT2D eigenvalue weighted by Crippen LogP contribution is 2.16. The van der Waals surface area contributed by atoms with Crippen LogP contribution in [0.1, 0.15) is 16.8 Å². The molecule has 1 atom stereocenters. The van der Waals surface area contributed by atoms with E-state index in [1.165, 1.54) is 0 Å². The summed E-state index contributed by atoms with van der Waals surface area (Å²) < 4.78 is 0. The van der Waals surface area contributed by atoms with E-state index in [9.17, 15) is 4.79 Å². The first-order chi connectivity index (χ1) is 9.28. The van der Waals surface area contributed by atoms with Crippen molar-refractivity contribution in [3.05, 3.63) is 36.2 Å². The van der Waals surface area contributed by atoms with Gasteiger partial charge in [0.1, 0.15) is 0 Å². The van der Waals surface area contributed by atoms with Gasteiger partial charge in [-0.25, -0.2) is 0 Å². The molecule has 1 fully saturated rings. The molecule has 1 unspecified atom stereocenters. The first kappa shape index (κ1) is 12.0. The van der Waals surface area contributed by atoms with Gasteiger partial charge < -0.3 is 10.2 Å². The summed E-state index contributed by atoms with van der Waals surface area (Å²) in [6, 6.07) is 5.90. The first-order valence-corrected chi connectivity index (χ1v) is 6.45. The summed E-state index contributed by atoms with van der Waals surface area (Å²) >= 11 is 0. The van der Waals surface area contributed by atoms with Gasteiger partial charge in [0.2, 0.25) is 0 Å². The SMILES string of the molecule is CNC1CCN(C(=O)c2ccc3nccnc3c2)C1. The third kappa shape index (κ3) is 2.29. The Hall–Kier alpha value is -2.01. The quantitative estimate of drug-likeness (QED) is 0.873. The third-order valence-electron chi connectivity index (χ3n) is 3.60. The molecule has 1 N–H and O–H groups in total. The normalized spacial score (nSPS) is 19.0. The minimum atomic E-state index is 0.0744. The minimum Gasteiger partial charge on any atom is -0.337 e. The van der Waals surface area contributed by atoms with Crippen molar-refractivity contribution in [1.29, 1.82) is 0 Å². The summed E-state index contributed by atoms with van der Waals surface area (Å²) in [7, 11) is 1.93. The molecule has 0 aliphatic carbocycles. The lowest BCUT2D eigenvalue weighted by Crippen LogP contribution is -2.33. The number of nitrogens with zero attached hydrogens (tertiary/aromatic N) is 3. The predicted molar refractivity (Wildman–Crippen MR) is 72.9 cm³/mol. The van der Waals surface area contributed by atoms with E-state index in [0.29, 0.717) is 11.6 Å². The molecule has 98 valence electrons. The largest absolute Gasteiger partial charge is 0.337 e. The maximum Gasteiger partial charge on any atom is 0.253 e. The van der Waals surface area contributed by atoms with Crippen LogP contribution in [0.3, 0.4) is 0 Å². The second kappa shape index (κ2) is 4.93. The van der Waals surface area contributed by atoms with Crippen LogP contribution >= 0.6 is 0 Å². The van der Waals surface area contributed by atoms with Crippen LogP contribution in [0.2, 0.25) is 0 Å². The molecule has 1 saturated heterocycles. The number of rotatable bonds is 2. The average Bonchev–Trinajstić information content (AvgIpc) is 2.95. The molecule has 0 saturated carbocycles. The number of fused-ring (bicyclic) bond motifs is 1. The molecule has 1 aliphatic rings. The van der Waals surface area contributed by atoms with Crippen molar-refractivity contribution in [2.75, 3.05) is 20.1 Å². The maximum atomic E-state index is 12.4. The lowest BCUT2D eigenvalue weighted by atomic mass is 10.1. The minimum absolute atomic E-state index is 0.0744. The molecule has 0 radical (unpaired) electrons. The number of likely N-dealkylation sites (N-methyl/N-ethyl adjacent to an activating group) is 1. The van der Waals surface area contributed by atoms with Crippen molar-refractivity contribution in [2.45, 2.75) is 12.5 Å². The average molecular weight is 256 g/mol. The van der Waals surface area contributed by atoms with E-state index in [2.05, 4.69) is 15.3 Å². The van der Waals surface area contributed by atoms with E-state index in [1.807, 2.05) is 30.1 Å². The predicted octanol–water partition coefficient (Wildman–Crippen LogP) is 1.06. The number of nitrogens with one attached hydrogen (secondary N) is 1. The maximum absolute atomic E-state index is 12.4. The van der Waals surface area contributed by atoms with Crippen LogP contribution < -0.4 is 5.32 Å². The van der Waals surface area contributed by atoms with Crippen molar-refractivity contribution < 1.29 is 4.79 Å². The molecule has 5 nitrogen and oxygen atoms in total. The highest BCUT2D eigenvalue weighted by molar-refractivity contribution is 5.97. The van der Waals surface area contributed by atoms with E-state index in [-0.39, 0.29) is 5.91 Å². The fourth-order valence-corrected chi connectivity index (χ4v) is 2.46. The molecule has 1 aliphatic heterocycles. The van der Waals surface area contributed by atoms with E-state index in [4.69, 9.17) is 0 Å². The molecule has 0 bridgehead atoms. The van der Waals surface area contributed by atoms with Gasteiger partial charge in [-0.3, -0.25) is 14.8 Å². The Morgan fingerprint density at radius 3 is 2.84 bits per heavy atom. The standard InChI is InChI=1S/C14H16N4O/c1-15-11-4-7-18(9-11)14(19)10-2-3-12-13(8-10)17-6-5-16-12/h2-3,5-6,8,11,15H,4,7,9H2,1H3. The molecule has 19 heavy (non-hydrogen) atoms. The molecule has 0 spiro atoms. The van der Waals surface area contributed by atoms with Crippen molar-refractivity contribution in [2.24, 2.45) is 0 Å². The molecule has 2 aromatic rings. The topological polar surface area (TPSA) is 58.1 Å². The Bertz CT molecular complexity index is 613. The number of aromatic nitrogens is 2. The van der Waals surface area contributed by atoms with Gasteiger partial charge in [-0.1, -0.05) is 0 Å². The summed E-state index contributed by atoms with van der Waals surface area (Å²) in [6.45, 7) is 1.58. The summed E-state index contributed by atoms with van der Waals surface area (Å²) in [6.07, 6.45) is 4.31. The van der Waals surface area contributed by atoms with Gasteiger partial charge in [-0.2, -0.15) is 0 Å². The van der Waals surface area contributed by atoms with Crippen molar-refractivity contribution in [1.82, 2.24) is 20.2 Å². The number of carbonyl (C=O) groups is 1. The van der Waals surface area contributed by atoms with Gasteiger partial charge in [-0.15, -0.1) is 0 Å². The second-order valence-electron chi connectivity index (χ2n) is 4.79. The van der Waals surface area contributed by atoms with Crippen LogP contribution in [0.5, 0.6) is 0 Å². The Morgan fingerprint density at radius 2 is 2.11 bits per heavy atom. The molecule has 5 heteroatoms. The monoisotopic (exact) mass is 256 g/mol. The van der Waals surface area contributed by atoms with Crippen LogP contribution in [-0.4, -0.2) is 47.0 Å². The van der Waals surface area contributed by atoms with Crippen LogP contribution in [0.25, 0.3) is 11.0 Å². The highest BCUT2D eigenvalue weighted by Gasteiger charge is 2.25. The first-order valence-electron chi connectivity index (χ1n) is 6.45. The summed E-state index contributed by atoms with van der Waals surface area (Å²) in [5.74, 6) is 0.0744. The zero-order valence-corrected chi connectivity index (χ0v) is 10.8. The van der Waals surface area contributed by atoms with Gasteiger partial charge in [-0.05, 0) is 31.7 Å². The van der Waals surface area contributed by atoms with Crippen LogP contribution in [0.4, 0.5) is 0 Å². The van der Waals surface area contributed by atoms with Crippen molar-refractivity contribution in [3.8, 4) is 0 Å². The molecule has 1 aromatic carbocycles. The van der Waals surface area contributed by atoms with Crippen LogP contribution in [0, 0.1) is 0 Å². The Balaban J connectivity index is 1.85. The molecular formula is C14H16N4O. The Morgan fingerprint density at radius 1 is 1.32 bits per heavy atom. The van der Waals surface area contributed by atoms with E-state index in [1.54, 1.807) is 12.4 Å². The van der Waals surface area contributed by atoms with Gasteiger partial charge in [0, 0.05) is 37.1 Å². The third-order valence-corrected chi connectivity index (χ3v) is 3.60. The van der Waals surface area contributed by atoms with Crippen molar-refractivity contribution >= 4 is 16.9 Å². The molecular weight excluding hydrogens is 240 g/mol. The highest BCUT2D eigenvalue weighted by atomic mass is 16.2. The summed E-state index contributed by atoms with van der Waals surface area (Å²) in [5.41, 5.74) is 2.26. The van der Waals surface area contributed by atoms with Crippen LogP contribution in [0.15, 0.2) is 30.6 Å². The molecule has 1 amide bonds. The van der Waals surface area contributed by atoms with Gasteiger partial charge in [0.05, 0.1) is 11.0 Å². The van der Waals surface area contributed by atoms with E-state index < -0.39 is 0 Å². The number of hydrogen-bond acceptors (Lipinski definition) is 4. The Kier molecular flexibility index (Phi) is 3.13. The fourth-order valence-electron chi connectivity index (χ4n) is 2.46. The lowest BCUT2D eigenvalue weighted by molar-refractivity contribution is 0.0790. The number of amides is 1. The van der Waals surface area contributed by atoms with E-state index in [0.717, 1.165) is 30.5 Å². The fraction of sp³-hybridized carbons (Fsp3) is 0.357. The van der Waals surface area contributed by atoms with Gasteiger partial charge >= 0.3 is 0 Å². The number of likely N-dealkylation sites (tertiary alicyclic amines) is 1. The molecule has 2 heterocycles. The number of carbonyl (C=O) groups excluding carboxylic acids is 1. The second-order valence-corrected chi connectivity index (χ2v) is 4.79. The number of hydrogen-bond donors (Lipinski definition) is 1. The molecule has 3 rings (SSSR count). The van der Waals surface area contributed by atoms with Gasteiger partial charge in [0.15, 0.2) is 0 Å². The lowest BCUT2D eigenvalue weighted by Gasteiger charge is -2.16. The Labute approximate surface area is 111 Å². The zero-order valence-electron chi connectivity index (χ0n) is 10.8. The van der Waals surface area contributed by atoms with Crippen molar-refractivity contribution in [3.63, 3.8) is 0 Å². The van der Waals surface area contributed by atoms with E-state index >= 15 is 0 Å². The number of benzene rings is 1. The summed E-state index contributed by atoms with van der Waals surface area (Å²) in [4.78, 5) is 22.7. The van der Waals surface area contributed by atoms with Gasteiger partial charge in [0.25, 0.3) is 5.91 Å². The smallest absolute Gasteiger partial charge is 0.253 e. The summed E-state index contributed by atoms with van der Waals surface area (Å²) in [5, 5.41) is 3.21.